The molecule has 1 fully saturated rings. The van der Waals surface area contributed by atoms with Crippen LogP contribution in [0.1, 0.15) is 23.4 Å². The summed E-state index contributed by atoms with van der Waals surface area (Å²) >= 11 is 10.4. The second-order valence-electron chi connectivity index (χ2n) is 8.51. The van der Waals surface area contributed by atoms with Crippen molar-refractivity contribution in [2.24, 2.45) is 10.2 Å². The molecule has 37 heavy (non-hydrogen) atoms. The number of hydrogen-bond acceptors (Lipinski definition) is 8. The van der Waals surface area contributed by atoms with Gasteiger partial charge in [-0.15, -0.1) is 5.11 Å². The number of halogens is 1. The average Bonchev–Trinajstić information content (AvgIpc) is 2.92. The number of urea groups is 1. The van der Waals surface area contributed by atoms with Gasteiger partial charge in [0, 0.05) is 37.1 Å². The van der Waals surface area contributed by atoms with Crippen molar-refractivity contribution in [3.63, 3.8) is 0 Å². The summed E-state index contributed by atoms with van der Waals surface area (Å²) < 4.78 is 6.84. The summed E-state index contributed by atoms with van der Waals surface area (Å²) in [7, 11) is 0. The highest BCUT2D eigenvalue weighted by Gasteiger charge is 2.15. The van der Waals surface area contributed by atoms with Gasteiger partial charge in [-0.3, -0.25) is 4.31 Å². The number of aromatic nitrogens is 2. The Morgan fingerprint density at radius 2 is 1.86 bits per heavy atom. The second kappa shape index (κ2) is 13.9. The maximum Gasteiger partial charge on any atom is 0.327 e. The lowest BCUT2D eigenvalue weighted by molar-refractivity contribution is 0.122. The van der Waals surface area contributed by atoms with E-state index in [2.05, 4.69) is 38.2 Å². The van der Waals surface area contributed by atoms with Gasteiger partial charge in [-0.25, -0.2) is 14.8 Å². The number of nitrogens with one attached hydrogen (secondary N) is 1. The third kappa shape index (κ3) is 8.70. The molecule has 3 aromatic rings. The van der Waals surface area contributed by atoms with E-state index in [1.54, 1.807) is 0 Å². The van der Waals surface area contributed by atoms with Gasteiger partial charge in [-0.1, -0.05) is 66.9 Å². The van der Waals surface area contributed by atoms with Crippen LogP contribution in [0.4, 0.5) is 16.4 Å². The van der Waals surface area contributed by atoms with Crippen LogP contribution < -0.4 is 10.2 Å². The lowest BCUT2D eigenvalue weighted by Gasteiger charge is -2.28. The number of rotatable bonds is 10. The number of anilines is 1. The number of nitrogens with zero attached hydrogens (tertiary/aromatic N) is 6. The van der Waals surface area contributed by atoms with Gasteiger partial charge in [0.05, 0.1) is 26.3 Å². The van der Waals surface area contributed by atoms with Crippen molar-refractivity contribution >= 4 is 42.1 Å². The van der Waals surface area contributed by atoms with E-state index in [0.717, 1.165) is 30.0 Å². The highest BCUT2D eigenvalue weighted by Crippen LogP contribution is 2.21. The first-order valence-electron chi connectivity index (χ1n) is 12.2. The molecule has 1 aliphatic rings. The maximum absolute atomic E-state index is 12.4. The van der Waals surface area contributed by atoms with Gasteiger partial charge < -0.3 is 15.0 Å². The fraction of sp³-hybridized carbons (Fsp3) is 0.346. The Labute approximate surface area is 227 Å². The number of hydrogen-bond donors (Lipinski definition) is 2. The fourth-order valence-corrected chi connectivity index (χ4v) is 4.22. The van der Waals surface area contributed by atoms with Crippen LogP contribution in [0.25, 0.3) is 0 Å². The Balaban J connectivity index is 1.34. The molecule has 2 amide bonds. The van der Waals surface area contributed by atoms with Crippen LogP contribution in [0.3, 0.4) is 0 Å². The summed E-state index contributed by atoms with van der Waals surface area (Å²) in [6, 6.07) is 18.9. The van der Waals surface area contributed by atoms with Crippen LogP contribution in [0.5, 0.6) is 0 Å². The van der Waals surface area contributed by atoms with E-state index in [1.807, 2.05) is 60.7 Å². The van der Waals surface area contributed by atoms with E-state index in [-0.39, 0.29) is 6.03 Å². The molecule has 0 aliphatic carbocycles. The van der Waals surface area contributed by atoms with Crippen molar-refractivity contribution in [2.45, 2.75) is 25.9 Å². The molecule has 0 saturated carbocycles. The first kappa shape index (κ1) is 26.8. The van der Waals surface area contributed by atoms with Gasteiger partial charge in [0.1, 0.15) is 11.6 Å². The van der Waals surface area contributed by atoms with Crippen molar-refractivity contribution in [3.8, 4) is 0 Å². The minimum absolute atomic E-state index is 0.245. The maximum atomic E-state index is 12.4. The van der Waals surface area contributed by atoms with Crippen molar-refractivity contribution in [2.75, 3.05) is 37.7 Å². The van der Waals surface area contributed by atoms with Crippen LogP contribution in [0.15, 0.2) is 70.9 Å². The van der Waals surface area contributed by atoms with Crippen LogP contribution in [-0.4, -0.2) is 53.2 Å². The Hall–Kier alpha value is -3.21. The van der Waals surface area contributed by atoms with E-state index in [1.165, 1.54) is 4.31 Å². The molecule has 2 heterocycles. The third-order valence-corrected chi connectivity index (χ3v) is 6.22. The van der Waals surface area contributed by atoms with Gasteiger partial charge >= 0.3 is 6.03 Å². The van der Waals surface area contributed by atoms with E-state index < -0.39 is 0 Å². The molecule has 4 rings (SSSR count). The number of azo groups is 1. The number of aryl methyl sites for hydroxylation is 1. The fourth-order valence-electron chi connectivity index (χ4n) is 3.77. The van der Waals surface area contributed by atoms with E-state index in [0.29, 0.717) is 62.4 Å². The molecule has 1 saturated heterocycles. The molecule has 1 aliphatic heterocycles. The highest BCUT2D eigenvalue weighted by molar-refractivity contribution is 7.78. The first-order chi connectivity index (χ1) is 18.1. The van der Waals surface area contributed by atoms with Gasteiger partial charge in [0.25, 0.3) is 0 Å². The van der Waals surface area contributed by atoms with Crippen molar-refractivity contribution in [1.29, 1.82) is 0 Å². The van der Waals surface area contributed by atoms with Gasteiger partial charge in [0.2, 0.25) is 0 Å². The normalized spacial score (nSPS) is 13.6. The largest absolute Gasteiger partial charge is 0.378 e. The molecular formula is C26H30ClN7O2S. The smallest absolute Gasteiger partial charge is 0.327 e. The van der Waals surface area contributed by atoms with E-state index in [9.17, 15) is 4.79 Å². The molecule has 0 spiro atoms. The molecule has 0 unspecified atom stereocenters. The minimum atomic E-state index is -0.245. The van der Waals surface area contributed by atoms with E-state index in [4.69, 9.17) is 21.3 Å². The predicted octanol–water partition coefficient (Wildman–Crippen LogP) is 5.24. The molecule has 0 bridgehead atoms. The second-order valence-corrected chi connectivity index (χ2v) is 9.43. The van der Waals surface area contributed by atoms with Gasteiger partial charge in [-0.2, -0.15) is 5.11 Å². The van der Waals surface area contributed by atoms with Gasteiger partial charge in [-0.05, 0) is 29.7 Å². The number of benzene rings is 2. The summed E-state index contributed by atoms with van der Waals surface area (Å²) in [5, 5.41) is 12.2. The Morgan fingerprint density at radius 3 is 2.65 bits per heavy atom. The Morgan fingerprint density at radius 1 is 1.08 bits per heavy atom. The standard InChI is InChI=1S/C26H30ClN7O2S/c27-22-9-4-8-21(16-22)18-29-32-24-17-25(33-12-14-36-15-13-33)31-23(30-24)10-5-11-28-26(35)34(37)19-20-6-2-1-3-7-20/h1-4,6-9,16-17,37H,5,10-15,18-19H2,(H,28,35). The zero-order valence-corrected chi connectivity index (χ0v) is 22.1. The van der Waals surface area contributed by atoms with Crippen molar-refractivity contribution < 1.29 is 9.53 Å². The molecule has 0 atom stereocenters. The number of morpholine rings is 1. The monoisotopic (exact) mass is 539 g/mol. The Bertz CT molecular complexity index is 1190. The Kier molecular flexibility index (Phi) is 10.1. The topological polar surface area (TPSA) is 95.3 Å². The molecule has 1 N–H and O–H groups in total. The molecular weight excluding hydrogens is 510 g/mol. The number of ether oxygens (including phenoxy) is 1. The summed E-state index contributed by atoms with van der Waals surface area (Å²) in [6.07, 6.45) is 1.25. The first-order valence-corrected chi connectivity index (χ1v) is 13.0. The number of thiol groups is 1. The molecule has 11 heteroatoms. The summed E-state index contributed by atoms with van der Waals surface area (Å²) in [5.74, 6) is 1.96. The minimum Gasteiger partial charge on any atom is -0.378 e. The van der Waals surface area contributed by atoms with Crippen molar-refractivity contribution in [1.82, 2.24) is 19.6 Å². The molecule has 1 aromatic heterocycles. The van der Waals surface area contributed by atoms with Crippen LogP contribution in [0.2, 0.25) is 5.02 Å². The summed E-state index contributed by atoms with van der Waals surface area (Å²) in [4.78, 5) is 23.9. The molecule has 0 radical (unpaired) electrons. The number of amides is 2. The predicted molar refractivity (Wildman–Crippen MR) is 147 cm³/mol. The zero-order valence-electron chi connectivity index (χ0n) is 20.5. The summed E-state index contributed by atoms with van der Waals surface area (Å²) in [5.41, 5.74) is 1.98. The lowest BCUT2D eigenvalue weighted by atomic mass is 10.2. The van der Waals surface area contributed by atoms with E-state index >= 15 is 0 Å². The molecule has 9 nitrogen and oxygen atoms in total. The number of carbonyl (C=O) groups excluding carboxylic acids is 1. The third-order valence-electron chi connectivity index (χ3n) is 5.66. The molecule has 194 valence electrons. The zero-order chi connectivity index (χ0) is 25.9. The van der Waals surface area contributed by atoms with Crippen molar-refractivity contribution in [3.05, 3.63) is 82.6 Å². The average molecular weight is 540 g/mol. The van der Waals surface area contributed by atoms with Crippen LogP contribution >= 0.6 is 24.4 Å². The SMILES string of the molecule is O=C(NCCCc1nc(N=NCc2cccc(Cl)c2)cc(N2CCOCC2)n1)N(S)Cc1ccccc1. The van der Waals surface area contributed by atoms with Crippen LogP contribution in [-0.2, 0) is 24.2 Å². The summed E-state index contributed by atoms with van der Waals surface area (Å²) in [6.45, 7) is 4.11. The number of carbonyl (C=O) groups is 1. The van der Waals surface area contributed by atoms with Gasteiger partial charge in [0.15, 0.2) is 5.82 Å². The molecule has 2 aromatic carbocycles. The van der Waals surface area contributed by atoms with Crippen LogP contribution in [0, 0.1) is 0 Å². The highest BCUT2D eigenvalue weighted by atomic mass is 35.5. The quantitative estimate of drug-likeness (QED) is 0.209. The lowest BCUT2D eigenvalue weighted by Crippen LogP contribution is -2.37.